The van der Waals surface area contributed by atoms with Crippen LogP contribution in [0.1, 0.15) is 11.1 Å². The Morgan fingerprint density at radius 1 is 1.15 bits per heavy atom. The lowest BCUT2D eigenvalue weighted by Gasteiger charge is -2.06. The Labute approximate surface area is 152 Å². The fourth-order valence-electron chi connectivity index (χ4n) is 2.18. The van der Waals surface area contributed by atoms with Crippen LogP contribution in [-0.4, -0.2) is 18.3 Å². The van der Waals surface area contributed by atoms with Crippen molar-refractivity contribution in [1.82, 2.24) is 4.98 Å². The Hall–Kier alpha value is -2.87. The minimum absolute atomic E-state index is 0.347. The van der Waals surface area contributed by atoms with Gasteiger partial charge in [0.05, 0.1) is 24.6 Å². The number of methoxy groups -OCH3 is 1. The van der Waals surface area contributed by atoms with E-state index >= 15 is 0 Å². The summed E-state index contributed by atoms with van der Waals surface area (Å²) in [4.78, 5) is 4.40. The highest BCUT2D eigenvalue weighted by Crippen LogP contribution is 2.29. The molecule has 3 rings (SSSR count). The van der Waals surface area contributed by atoms with Crippen molar-refractivity contribution in [3.63, 3.8) is 0 Å². The number of ether oxygens (including phenoxy) is 1. The number of rotatable bonds is 5. The van der Waals surface area contributed by atoms with Crippen LogP contribution in [0.2, 0.25) is 0 Å². The third-order valence-electron chi connectivity index (χ3n) is 3.48. The van der Waals surface area contributed by atoms with Crippen LogP contribution in [0.25, 0.3) is 11.3 Å². The van der Waals surface area contributed by atoms with Gasteiger partial charge < -0.3 is 4.74 Å². The number of halogens is 3. The van der Waals surface area contributed by atoms with Crippen LogP contribution < -0.4 is 10.2 Å². The molecule has 0 fully saturated rings. The molecule has 2 aromatic carbocycles. The van der Waals surface area contributed by atoms with Gasteiger partial charge in [0.15, 0.2) is 0 Å². The number of hydrazone groups is 1. The number of hydrogen-bond donors (Lipinski definition) is 1. The molecule has 8 heteroatoms. The highest BCUT2D eigenvalue weighted by molar-refractivity contribution is 7.14. The number of hydrogen-bond acceptors (Lipinski definition) is 5. The van der Waals surface area contributed by atoms with E-state index in [4.69, 9.17) is 4.74 Å². The van der Waals surface area contributed by atoms with Crippen LogP contribution in [-0.2, 0) is 6.18 Å². The van der Waals surface area contributed by atoms with E-state index in [0.29, 0.717) is 10.7 Å². The van der Waals surface area contributed by atoms with E-state index in [2.05, 4.69) is 15.5 Å². The molecule has 0 bridgehead atoms. The molecule has 0 saturated carbocycles. The van der Waals surface area contributed by atoms with Crippen LogP contribution in [0.15, 0.2) is 59.0 Å². The van der Waals surface area contributed by atoms with Crippen molar-refractivity contribution in [3.05, 3.63) is 65.0 Å². The molecule has 0 atom stereocenters. The second-order valence-electron chi connectivity index (χ2n) is 5.26. The zero-order valence-electron chi connectivity index (χ0n) is 13.6. The summed E-state index contributed by atoms with van der Waals surface area (Å²) in [5.41, 5.74) is 4.07. The maximum atomic E-state index is 12.7. The van der Waals surface area contributed by atoms with Crippen LogP contribution >= 0.6 is 11.3 Å². The van der Waals surface area contributed by atoms with Gasteiger partial charge >= 0.3 is 6.18 Å². The van der Waals surface area contributed by atoms with Gasteiger partial charge in [-0.1, -0.05) is 12.1 Å². The van der Waals surface area contributed by atoms with Crippen molar-refractivity contribution >= 4 is 22.7 Å². The van der Waals surface area contributed by atoms with Gasteiger partial charge in [0, 0.05) is 10.9 Å². The van der Waals surface area contributed by atoms with E-state index in [0.717, 1.165) is 29.1 Å². The van der Waals surface area contributed by atoms with Crippen molar-refractivity contribution in [2.75, 3.05) is 12.5 Å². The lowest BCUT2D eigenvalue weighted by Crippen LogP contribution is -2.05. The normalized spacial score (nSPS) is 11.7. The lowest BCUT2D eigenvalue weighted by molar-refractivity contribution is -0.137. The first kappa shape index (κ1) is 17.9. The Bertz CT molecular complexity index is 905. The second-order valence-corrected chi connectivity index (χ2v) is 6.12. The zero-order valence-corrected chi connectivity index (χ0v) is 14.4. The van der Waals surface area contributed by atoms with E-state index in [-0.39, 0.29) is 0 Å². The molecule has 0 aliphatic rings. The quantitative estimate of drug-likeness (QED) is 0.486. The third-order valence-corrected chi connectivity index (χ3v) is 4.22. The first-order valence-electron chi connectivity index (χ1n) is 7.52. The van der Waals surface area contributed by atoms with Crippen molar-refractivity contribution in [2.45, 2.75) is 6.18 Å². The number of nitrogens with one attached hydrogen (secondary N) is 1. The molecule has 0 aliphatic heterocycles. The fraction of sp³-hybridized carbons (Fsp3) is 0.111. The third kappa shape index (κ3) is 4.40. The van der Waals surface area contributed by atoms with Gasteiger partial charge in [0.1, 0.15) is 5.75 Å². The van der Waals surface area contributed by atoms with Crippen molar-refractivity contribution in [1.29, 1.82) is 0 Å². The number of nitrogens with zero attached hydrogens (tertiary/aromatic N) is 2. The van der Waals surface area contributed by atoms with E-state index in [9.17, 15) is 13.2 Å². The van der Waals surface area contributed by atoms with E-state index in [1.54, 1.807) is 13.2 Å². The van der Waals surface area contributed by atoms with E-state index in [1.165, 1.54) is 23.6 Å². The maximum absolute atomic E-state index is 12.7. The number of alkyl halides is 3. The summed E-state index contributed by atoms with van der Waals surface area (Å²) in [5, 5.41) is 6.36. The monoisotopic (exact) mass is 377 g/mol. The molecule has 1 heterocycles. The molecule has 1 N–H and O–H groups in total. The first-order valence-corrected chi connectivity index (χ1v) is 8.40. The summed E-state index contributed by atoms with van der Waals surface area (Å²) < 4.78 is 43.2. The molecular weight excluding hydrogens is 363 g/mol. The molecule has 0 unspecified atom stereocenters. The zero-order chi connectivity index (χ0) is 18.6. The topological polar surface area (TPSA) is 46.5 Å². The minimum atomic E-state index is -4.38. The molecule has 0 saturated heterocycles. The van der Waals surface area contributed by atoms with E-state index < -0.39 is 11.7 Å². The first-order chi connectivity index (χ1) is 12.5. The van der Waals surface area contributed by atoms with Crippen LogP contribution in [0.3, 0.4) is 0 Å². The van der Waals surface area contributed by atoms with Crippen LogP contribution in [0, 0.1) is 0 Å². The highest BCUT2D eigenvalue weighted by Gasteiger charge is 2.30. The van der Waals surface area contributed by atoms with Crippen LogP contribution in [0.4, 0.5) is 18.3 Å². The molecule has 3 aromatic rings. The molecule has 1 aromatic heterocycles. The number of aromatic nitrogens is 1. The Morgan fingerprint density at radius 2 is 1.92 bits per heavy atom. The summed E-state index contributed by atoms with van der Waals surface area (Å²) in [6, 6.07) is 12.4. The summed E-state index contributed by atoms with van der Waals surface area (Å²) in [5.74, 6) is 0.757. The van der Waals surface area contributed by atoms with Crippen molar-refractivity contribution < 1.29 is 17.9 Å². The van der Waals surface area contributed by atoms with Gasteiger partial charge in [-0.3, -0.25) is 5.43 Å². The van der Waals surface area contributed by atoms with Crippen molar-refractivity contribution in [2.24, 2.45) is 5.10 Å². The van der Waals surface area contributed by atoms with Gasteiger partial charge in [-0.05, 0) is 42.0 Å². The molecule has 26 heavy (non-hydrogen) atoms. The molecular formula is C18H14F3N3OS. The minimum Gasteiger partial charge on any atom is -0.497 e. The average molecular weight is 377 g/mol. The number of thiazole rings is 1. The number of benzene rings is 2. The highest BCUT2D eigenvalue weighted by atomic mass is 32.1. The summed E-state index contributed by atoms with van der Waals surface area (Å²) in [6.45, 7) is 0. The predicted molar refractivity (Wildman–Crippen MR) is 96.8 cm³/mol. The summed E-state index contributed by atoms with van der Waals surface area (Å²) in [7, 11) is 1.60. The molecule has 0 radical (unpaired) electrons. The molecule has 4 nitrogen and oxygen atoms in total. The fourth-order valence-corrected chi connectivity index (χ4v) is 2.85. The van der Waals surface area contributed by atoms with Crippen molar-refractivity contribution in [3.8, 4) is 17.0 Å². The van der Waals surface area contributed by atoms with Gasteiger partial charge in [-0.15, -0.1) is 11.3 Å². The Morgan fingerprint density at radius 3 is 2.62 bits per heavy atom. The van der Waals surface area contributed by atoms with Gasteiger partial charge in [0.2, 0.25) is 5.13 Å². The van der Waals surface area contributed by atoms with Gasteiger partial charge in [-0.25, -0.2) is 4.98 Å². The standard InChI is InChI=1S/C18H14F3N3OS/c1-25-15-7-5-13(6-8-15)16-11-26-17(23-16)24-22-10-12-3-2-4-14(9-12)18(19,20)21/h2-11H,1H3,(H,23,24)/b22-10-. The summed E-state index contributed by atoms with van der Waals surface area (Å²) >= 11 is 1.35. The molecule has 134 valence electrons. The van der Waals surface area contributed by atoms with Crippen LogP contribution in [0.5, 0.6) is 5.75 Å². The average Bonchev–Trinajstić information content (AvgIpc) is 3.10. The Kier molecular flexibility index (Phi) is 5.22. The molecule has 0 aliphatic carbocycles. The number of anilines is 1. The smallest absolute Gasteiger partial charge is 0.416 e. The largest absolute Gasteiger partial charge is 0.497 e. The summed E-state index contributed by atoms with van der Waals surface area (Å²) in [6.07, 6.45) is -3.05. The second kappa shape index (κ2) is 7.57. The molecule has 0 amide bonds. The van der Waals surface area contributed by atoms with E-state index in [1.807, 2.05) is 29.6 Å². The maximum Gasteiger partial charge on any atom is 0.416 e. The Balaban J connectivity index is 1.67. The predicted octanol–water partition coefficient (Wildman–Crippen LogP) is 5.28. The lowest BCUT2D eigenvalue weighted by atomic mass is 10.1. The SMILES string of the molecule is COc1ccc(-c2csc(N/N=C\c3cccc(C(F)(F)F)c3)n2)cc1. The van der Waals surface area contributed by atoms with Gasteiger partial charge in [-0.2, -0.15) is 18.3 Å². The van der Waals surface area contributed by atoms with Gasteiger partial charge in [0.25, 0.3) is 0 Å². The molecule has 0 spiro atoms.